The minimum Gasteiger partial charge on any atom is -0.508 e. The van der Waals surface area contributed by atoms with Crippen molar-refractivity contribution in [3.8, 4) is 5.75 Å². The number of carboxylic acids is 1. The highest BCUT2D eigenvalue weighted by atomic mass is 16.4. The number of aliphatic hydroxyl groups excluding tert-OH is 1. The molecule has 0 spiro atoms. The number of aliphatic carboxylic acids is 1. The van der Waals surface area contributed by atoms with E-state index in [-0.39, 0.29) is 17.4 Å². The quantitative estimate of drug-likeness (QED) is 0.269. The molecule has 4 nitrogen and oxygen atoms in total. The first-order chi connectivity index (χ1) is 16.8. The summed E-state index contributed by atoms with van der Waals surface area (Å²) in [7, 11) is 0. The standard InChI is InChI=1S/C31H48O4/c1-3-10-21(30(34)35)11-8-6-4-5-7-9-12-23-20-31(2)27(17-18-28(31)33)26-15-13-22-19-24(32)14-16-25(22)29(23)26/h14,16,19,21,23,26-29,32-33H,3-13,15,17-18,20H2,1-2H3,(H,34,35)/t21?,23-,26?,27?,28-,29?,31-/m0/s1. The molecule has 0 bridgehead atoms. The third-order valence-electron chi connectivity index (χ3n) is 10.1. The molecular formula is C31H48O4. The topological polar surface area (TPSA) is 77.8 Å². The van der Waals surface area contributed by atoms with E-state index in [0.29, 0.717) is 29.4 Å². The third kappa shape index (κ3) is 5.73. The molecule has 1 aromatic rings. The average molecular weight is 485 g/mol. The van der Waals surface area contributed by atoms with Gasteiger partial charge in [-0.05, 0) is 104 Å². The van der Waals surface area contributed by atoms with Crippen LogP contribution >= 0.6 is 0 Å². The molecule has 2 fully saturated rings. The zero-order chi connectivity index (χ0) is 25.0. The normalized spacial score (nSPS) is 32.5. The monoisotopic (exact) mass is 484 g/mol. The van der Waals surface area contributed by atoms with Gasteiger partial charge in [0.05, 0.1) is 12.0 Å². The lowest BCUT2D eigenvalue weighted by molar-refractivity contribution is -0.142. The van der Waals surface area contributed by atoms with Gasteiger partial charge in [-0.2, -0.15) is 0 Å². The number of carboxylic acid groups (broad SMARTS) is 1. The lowest BCUT2D eigenvalue weighted by Gasteiger charge is -2.54. The first kappa shape index (κ1) is 26.5. The van der Waals surface area contributed by atoms with Gasteiger partial charge in [-0.15, -0.1) is 0 Å². The highest BCUT2D eigenvalue weighted by Crippen LogP contribution is 2.63. The lowest BCUT2D eigenvalue weighted by atomic mass is 9.51. The minimum atomic E-state index is -0.625. The summed E-state index contributed by atoms with van der Waals surface area (Å²) in [5, 5.41) is 30.3. The van der Waals surface area contributed by atoms with E-state index in [0.717, 1.165) is 51.4 Å². The molecule has 35 heavy (non-hydrogen) atoms. The van der Waals surface area contributed by atoms with Crippen LogP contribution in [0.25, 0.3) is 0 Å². The third-order valence-corrected chi connectivity index (χ3v) is 10.1. The summed E-state index contributed by atoms with van der Waals surface area (Å²) in [6.07, 6.45) is 16.3. The van der Waals surface area contributed by atoms with Crippen LogP contribution in [-0.4, -0.2) is 27.4 Å². The van der Waals surface area contributed by atoms with E-state index in [1.165, 1.54) is 56.1 Å². The number of fused-ring (bicyclic) bond motifs is 5. The number of hydrogen-bond donors (Lipinski definition) is 3. The maximum Gasteiger partial charge on any atom is 0.306 e. The maximum absolute atomic E-state index is 11.3. The van der Waals surface area contributed by atoms with Crippen LogP contribution in [0.5, 0.6) is 5.75 Å². The summed E-state index contributed by atoms with van der Waals surface area (Å²) >= 11 is 0. The summed E-state index contributed by atoms with van der Waals surface area (Å²) in [4.78, 5) is 11.3. The Kier molecular flexibility index (Phi) is 8.84. The summed E-state index contributed by atoms with van der Waals surface area (Å²) in [6.45, 7) is 4.43. The van der Waals surface area contributed by atoms with Gasteiger partial charge in [0.25, 0.3) is 0 Å². The van der Waals surface area contributed by atoms with Crippen LogP contribution in [0.2, 0.25) is 0 Å². The zero-order valence-electron chi connectivity index (χ0n) is 22.1. The van der Waals surface area contributed by atoms with Gasteiger partial charge >= 0.3 is 5.97 Å². The smallest absolute Gasteiger partial charge is 0.306 e. The van der Waals surface area contributed by atoms with E-state index in [2.05, 4.69) is 19.9 Å². The molecule has 3 aliphatic carbocycles. The fraction of sp³-hybridized carbons (Fsp3) is 0.774. The zero-order valence-corrected chi connectivity index (χ0v) is 22.1. The molecule has 0 aromatic heterocycles. The van der Waals surface area contributed by atoms with Gasteiger partial charge in [-0.25, -0.2) is 0 Å². The summed E-state index contributed by atoms with van der Waals surface area (Å²) < 4.78 is 0. The predicted octanol–water partition coefficient (Wildman–Crippen LogP) is 7.46. The molecular weight excluding hydrogens is 436 g/mol. The van der Waals surface area contributed by atoms with Crippen molar-refractivity contribution >= 4 is 5.97 Å². The van der Waals surface area contributed by atoms with Gasteiger partial charge in [0.1, 0.15) is 5.75 Å². The molecule has 4 heteroatoms. The summed E-state index contributed by atoms with van der Waals surface area (Å²) in [6, 6.07) is 6.08. The molecule has 4 unspecified atom stereocenters. The van der Waals surface area contributed by atoms with Crippen molar-refractivity contribution in [1.29, 1.82) is 0 Å². The second kappa shape index (κ2) is 11.7. The second-order valence-corrected chi connectivity index (χ2v) is 12.3. The molecule has 2 saturated carbocycles. The van der Waals surface area contributed by atoms with Crippen molar-refractivity contribution < 1.29 is 20.1 Å². The van der Waals surface area contributed by atoms with E-state index in [1.807, 2.05) is 12.1 Å². The van der Waals surface area contributed by atoms with E-state index >= 15 is 0 Å². The van der Waals surface area contributed by atoms with E-state index in [9.17, 15) is 20.1 Å². The first-order valence-corrected chi connectivity index (χ1v) is 14.6. The molecule has 0 aliphatic heterocycles. The molecule has 0 heterocycles. The van der Waals surface area contributed by atoms with Crippen molar-refractivity contribution in [2.45, 2.75) is 122 Å². The fourth-order valence-corrected chi connectivity index (χ4v) is 8.37. The van der Waals surface area contributed by atoms with E-state index < -0.39 is 5.97 Å². The number of aryl methyl sites for hydroxylation is 1. The van der Waals surface area contributed by atoms with Gasteiger partial charge in [0, 0.05) is 0 Å². The van der Waals surface area contributed by atoms with Crippen LogP contribution in [0.1, 0.15) is 121 Å². The molecule has 3 N–H and O–H groups in total. The molecule has 0 saturated heterocycles. The number of phenols is 1. The Morgan fingerprint density at radius 2 is 1.80 bits per heavy atom. The number of phenolic OH excluding ortho intramolecular Hbond substituents is 1. The van der Waals surface area contributed by atoms with Crippen LogP contribution in [0.15, 0.2) is 18.2 Å². The molecule has 4 rings (SSSR count). The van der Waals surface area contributed by atoms with Crippen molar-refractivity contribution in [3.63, 3.8) is 0 Å². The highest BCUT2D eigenvalue weighted by molar-refractivity contribution is 5.69. The Morgan fingerprint density at radius 1 is 1.06 bits per heavy atom. The van der Waals surface area contributed by atoms with Crippen molar-refractivity contribution in [1.82, 2.24) is 0 Å². The van der Waals surface area contributed by atoms with Crippen molar-refractivity contribution in [2.75, 3.05) is 0 Å². The maximum atomic E-state index is 11.3. The summed E-state index contributed by atoms with van der Waals surface area (Å²) in [5.74, 6) is 2.09. The lowest BCUT2D eigenvalue weighted by Crippen LogP contribution is -2.47. The van der Waals surface area contributed by atoms with Crippen molar-refractivity contribution in [2.24, 2.45) is 29.1 Å². The number of rotatable bonds is 12. The minimum absolute atomic E-state index is 0.0689. The molecule has 196 valence electrons. The van der Waals surface area contributed by atoms with Crippen LogP contribution in [-0.2, 0) is 11.2 Å². The predicted molar refractivity (Wildman–Crippen MR) is 141 cm³/mol. The van der Waals surface area contributed by atoms with E-state index in [1.54, 1.807) is 0 Å². The van der Waals surface area contributed by atoms with Crippen LogP contribution in [0, 0.1) is 29.1 Å². The van der Waals surface area contributed by atoms with Crippen LogP contribution < -0.4 is 0 Å². The van der Waals surface area contributed by atoms with Gasteiger partial charge in [0.2, 0.25) is 0 Å². The highest BCUT2D eigenvalue weighted by Gasteiger charge is 2.57. The molecule has 1 aromatic carbocycles. The number of hydrogen-bond acceptors (Lipinski definition) is 3. The Balaban J connectivity index is 1.31. The summed E-state index contributed by atoms with van der Waals surface area (Å²) in [5.41, 5.74) is 2.90. The number of carbonyl (C=O) groups is 1. The van der Waals surface area contributed by atoms with Crippen LogP contribution in [0.3, 0.4) is 0 Å². The Bertz CT molecular complexity index is 850. The molecule has 0 radical (unpaired) electrons. The number of benzene rings is 1. The van der Waals surface area contributed by atoms with E-state index in [4.69, 9.17) is 0 Å². The van der Waals surface area contributed by atoms with Gasteiger partial charge in [-0.3, -0.25) is 4.79 Å². The number of aromatic hydroxyl groups is 1. The Hall–Kier alpha value is -1.55. The van der Waals surface area contributed by atoms with Gasteiger partial charge in [0.15, 0.2) is 0 Å². The SMILES string of the molecule is CCCC(CCCCCCCC[C@H]1C[C@@]2(C)C(CC[C@@H]2O)C2CCc3cc(O)ccc3C21)C(=O)O. The second-order valence-electron chi connectivity index (χ2n) is 12.3. The van der Waals surface area contributed by atoms with Gasteiger partial charge < -0.3 is 15.3 Å². The number of unbranched alkanes of at least 4 members (excludes halogenated alkanes) is 5. The Labute approximate surface area is 212 Å². The Morgan fingerprint density at radius 3 is 2.54 bits per heavy atom. The molecule has 7 atom stereocenters. The average Bonchev–Trinajstić information content (AvgIpc) is 3.13. The van der Waals surface area contributed by atoms with Crippen molar-refractivity contribution in [3.05, 3.63) is 29.3 Å². The van der Waals surface area contributed by atoms with Crippen LogP contribution in [0.4, 0.5) is 0 Å². The van der Waals surface area contributed by atoms with Gasteiger partial charge in [-0.1, -0.05) is 64.9 Å². The fourth-order valence-electron chi connectivity index (χ4n) is 8.37. The molecule has 0 amide bonds. The number of aliphatic hydroxyl groups is 1. The largest absolute Gasteiger partial charge is 0.508 e. The molecule has 3 aliphatic rings. The first-order valence-electron chi connectivity index (χ1n) is 14.6.